The van der Waals surface area contributed by atoms with Gasteiger partial charge in [-0.25, -0.2) is 4.39 Å². The minimum Gasteiger partial charge on any atom is -0.409 e. The SMILES string of the molecule is N/C(=N/O)C1(NC(=O)c2ccc(F)c(Cl)c2)CCCC1. The molecule has 0 heterocycles. The number of amidine groups is 1. The fourth-order valence-electron chi connectivity index (χ4n) is 2.45. The van der Waals surface area contributed by atoms with Crippen molar-refractivity contribution in [1.82, 2.24) is 5.32 Å². The Kier molecular flexibility index (Phi) is 4.13. The van der Waals surface area contributed by atoms with Crippen LogP contribution in [-0.2, 0) is 0 Å². The van der Waals surface area contributed by atoms with Crippen LogP contribution >= 0.6 is 11.6 Å². The van der Waals surface area contributed by atoms with Crippen LogP contribution in [0, 0.1) is 5.82 Å². The van der Waals surface area contributed by atoms with E-state index in [0.29, 0.717) is 12.8 Å². The first-order valence-corrected chi connectivity index (χ1v) is 6.62. The molecule has 2 rings (SSSR count). The van der Waals surface area contributed by atoms with Gasteiger partial charge in [0.2, 0.25) is 0 Å². The van der Waals surface area contributed by atoms with Crippen LogP contribution in [0.25, 0.3) is 0 Å². The summed E-state index contributed by atoms with van der Waals surface area (Å²) < 4.78 is 13.1. The first-order chi connectivity index (χ1) is 9.48. The maximum atomic E-state index is 13.1. The zero-order chi connectivity index (χ0) is 14.8. The number of rotatable bonds is 3. The maximum Gasteiger partial charge on any atom is 0.252 e. The molecule has 0 spiro atoms. The van der Waals surface area contributed by atoms with E-state index in [4.69, 9.17) is 22.5 Å². The van der Waals surface area contributed by atoms with Crippen LogP contribution in [0.2, 0.25) is 5.02 Å². The molecule has 1 saturated carbocycles. The summed E-state index contributed by atoms with van der Waals surface area (Å²) in [6.45, 7) is 0. The van der Waals surface area contributed by atoms with Gasteiger partial charge in [0.15, 0.2) is 5.84 Å². The van der Waals surface area contributed by atoms with Crippen molar-refractivity contribution in [3.05, 3.63) is 34.6 Å². The molecule has 1 amide bonds. The van der Waals surface area contributed by atoms with Crippen LogP contribution in [0.4, 0.5) is 4.39 Å². The van der Waals surface area contributed by atoms with E-state index >= 15 is 0 Å². The first-order valence-electron chi connectivity index (χ1n) is 6.24. The van der Waals surface area contributed by atoms with Gasteiger partial charge in [-0.3, -0.25) is 4.79 Å². The zero-order valence-electron chi connectivity index (χ0n) is 10.7. The normalized spacial score (nSPS) is 18.0. The lowest BCUT2D eigenvalue weighted by Gasteiger charge is -2.28. The van der Waals surface area contributed by atoms with Crippen LogP contribution in [0.15, 0.2) is 23.4 Å². The predicted octanol–water partition coefficient (Wildman–Crippen LogP) is 2.27. The van der Waals surface area contributed by atoms with Crippen molar-refractivity contribution in [3.63, 3.8) is 0 Å². The number of nitrogens with zero attached hydrogens (tertiary/aromatic N) is 1. The molecule has 1 fully saturated rings. The summed E-state index contributed by atoms with van der Waals surface area (Å²) in [7, 11) is 0. The Labute approximate surface area is 120 Å². The monoisotopic (exact) mass is 299 g/mol. The van der Waals surface area contributed by atoms with Crippen LogP contribution in [-0.4, -0.2) is 22.5 Å². The van der Waals surface area contributed by atoms with Crippen molar-refractivity contribution in [3.8, 4) is 0 Å². The van der Waals surface area contributed by atoms with Gasteiger partial charge >= 0.3 is 0 Å². The zero-order valence-corrected chi connectivity index (χ0v) is 11.5. The van der Waals surface area contributed by atoms with Gasteiger partial charge < -0.3 is 16.3 Å². The van der Waals surface area contributed by atoms with Crippen LogP contribution in [0.5, 0.6) is 0 Å². The van der Waals surface area contributed by atoms with E-state index in [-0.39, 0.29) is 16.4 Å². The summed E-state index contributed by atoms with van der Waals surface area (Å²) in [6.07, 6.45) is 2.95. The van der Waals surface area contributed by atoms with Gasteiger partial charge in [0, 0.05) is 5.56 Å². The number of oxime groups is 1. The summed E-state index contributed by atoms with van der Waals surface area (Å²) >= 11 is 5.66. The van der Waals surface area contributed by atoms with E-state index in [1.54, 1.807) is 0 Å². The van der Waals surface area contributed by atoms with Gasteiger partial charge in [0.1, 0.15) is 11.4 Å². The molecule has 1 aliphatic rings. The number of hydrogen-bond donors (Lipinski definition) is 3. The molecule has 108 valence electrons. The molecule has 0 aromatic heterocycles. The molecule has 4 N–H and O–H groups in total. The molecule has 1 aromatic rings. The molecule has 1 aromatic carbocycles. The molecule has 5 nitrogen and oxygen atoms in total. The highest BCUT2D eigenvalue weighted by Gasteiger charge is 2.40. The third kappa shape index (κ3) is 2.70. The Balaban J connectivity index is 2.23. The van der Waals surface area contributed by atoms with Gasteiger partial charge in [-0.15, -0.1) is 0 Å². The summed E-state index contributed by atoms with van der Waals surface area (Å²) in [5.41, 5.74) is 5.08. The Morgan fingerprint density at radius 1 is 1.45 bits per heavy atom. The number of nitrogens with two attached hydrogens (primary N) is 1. The topological polar surface area (TPSA) is 87.7 Å². The van der Waals surface area contributed by atoms with Gasteiger partial charge in [-0.1, -0.05) is 29.6 Å². The van der Waals surface area contributed by atoms with Gasteiger partial charge in [0.05, 0.1) is 5.02 Å². The summed E-state index contributed by atoms with van der Waals surface area (Å²) in [5, 5.41) is 14.5. The van der Waals surface area contributed by atoms with Crippen LogP contribution < -0.4 is 11.1 Å². The standard InChI is InChI=1S/C13H15ClFN3O2/c14-9-7-8(3-4-10(9)15)11(19)17-13(12(16)18-20)5-1-2-6-13/h3-4,7,20H,1-2,5-6H2,(H2,16,18)(H,17,19). The fourth-order valence-corrected chi connectivity index (χ4v) is 2.63. The third-order valence-corrected chi connectivity index (χ3v) is 3.88. The van der Waals surface area contributed by atoms with Crippen molar-refractivity contribution >= 4 is 23.3 Å². The molecule has 0 bridgehead atoms. The third-order valence-electron chi connectivity index (χ3n) is 3.59. The number of nitrogens with one attached hydrogen (secondary N) is 1. The number of amides is 1. The number of carbonyl (C=O) groups is 1. The van der Waals surface area contributed by atoms with Crippen molar-refractivity contribution in [2.24, 2.45) is 10.9 Å². The minimum absolute atomic E-state index is 0.0171. The smallest absolute Gasteiger partial charge is 0.252 e. The van der Waals surface area contributed by atoms with E-state index in [2.05, 4.69) is 10.5 Å². The second kappa shape index (κ2) is 5.66. The van der Waals surface area contributed by atoms with E-state index in [9.17, 15) is 9.18 Å². The molecule has 0 unspecified atom stereocenters. The summed E-state index contributed by atoms with van der Waals surface area (Å²) in [6, 6.07) is 3.72. The highest BCUT2D eigenvalue weighted by molar-refractivity contribution is 6.31. The maximum absolute atomic E-state index is 13.1. The molecule has 0 saturated heterocycles. The average Bonchev–Trinajstić information content (AvgIpc) is 2.90. The predicted molar refractivity (Wildman–Crippen MR) is 73.5 cm³/mol. The average molecular weight is 300 g/mol. The minimum atomic E-state index is -0.841. The van der Waals surface area contributed by atoms with Crippen LogP contribution in [0.1, 0.15) is 36.0 Å². The lowest BCUT2D eigenvalue weighted by atomic mass is 9.95. The number of halogens is 2. The quantitative estimate of drug-likeness (QED) is 0.346. The van der Waals surface area contributed by atoms with Crippen LogP contribution in [0.3, 0.4) is 0 Å². The molecular weight excluding hydrogens is 285 g/mol. The molecule has 20 heavy (non-hydrogen) atoms. The number of hydrogen-bond acceptors (Lipinski definition) is 3. The lowest BCUT2D eigenvalue weighted by Crippen LogP contribution is -2.55. The van der Waals surface area contributed by atoms with Gasteiger partial charge in [-0.2, -0.15) is 0 Å². The first kappa shape index (κ1) is 14.6. The fraction of sp³-hybridized carbons (Fsp3) is 0.385. The lowest BCUT2D eigenvalue weighted by molar-refractivity contribution is 0.0922. The molecular formula is C13H15ClFN3O2. The highest BCUT2D eigenvalue weighted by Crippen LogP contribution is 2.30. The van der Waals surface area contributed by atoms with Gasteiger partial charge in [0.25, 0.3) is 5.91 Å². The second-order valence-electron chi connectivity index (χ2n) is 4.86. The number of carbonyl (C=O) groups excluding carboxylic acids is 1. The Hall–Kier alpha value is -1.82. The molecule has 0 aliphatic heterocycles. The molecule has 0 radical (unpaired) electrons. The summed E-state index contributed by atoms with van der Waals surface area (Å²) in [4.78, 5) is 12.2. The van der Waals surface area contributed by atoms with Gasteiger partial charge in [-0.05, 0) is 31.0 Å². The molecule has 7 heteroatoms. The molecule has 0 atom stereocenters. The van der Waals surface area contributed by atoms with Crippen molar-refractivity contribution < 1.29 is 14.4 Å². The van der Waals surface area contributed by atoms with Crippen molar-refractivity contribution in [1.29, 1.82) is 0 Å². The van der Waals surface area contributed by atoms with E-state index in [1.165, 1.54) is 12.1 Å². The number of benzene rings is 1. The Morgan fingerprint density at radius 2 is 2.10 bits per heavy atom. The largest absolute Gasteiger partial charge is 0.409 e. The van der Waals surface area contributed by atoms with E-state index in [1.807, 2.05) is 0 Å². The highest BCUT2D eigenvalue weighted by atomic mass is 35.5. The van der Waals surface area contributed by atoms with Crippen molar-refractivity contribution in [2.45, 2.75) is 31.2 Å². The van der Waals surface area contributed by atoms with E-state index in [0.717, 1.165) is 18.9 Å². The Morgan fingerprint density at radius 3 is 2.65 bits per heavy atom. The second-order valence-corrected chi connectivity index (χ2v) is 5.26. The van der Waals surface area contributed by atoms with E-state index < -0.39 is 17.3 Å². The Bertz CT molecular complexity index is 557. The summed E-state index contributed by atoms with van der Waals surface area (Å²) in [5.74, 6) is -1.04. The molecule has 1 aliphatic carbocycles. The van der Waals surface area contributed by atoms with Crippen molar-refractivity contribution in [2.75, 3.05) is 0 Å².